The average molecular weight is 434 g/mol. The Labute approximate surface area is 187 Å². The van der Waals surface area contributed by atoms with E-state index in [9.17, 15) is 14.7 Å². The van der Waals surface area contributed by atoms with Crippen LogP contribution in [-0.4, -0.2) is 40.3 Å². The van der Waals surface area contributed by atoms with Crippen LogP contribution >= 0.6 is 0 Å². The zero-order valence-corrected chi connectivity index (χ0v) is 17.8. The van der Waals surface area contributed by atoms with Gasteiger partial charge in [0.05, 0.1) is 6.10 Å². The number of carbonyl (C=O) groups is 2. The number of benzene rings is 2. The van der Waals surface area contributed by atoms with Crippen LogP contribution in [0.1, 0.15) is 46.8 Å². The maximum absolute atomic E-state index is 12.3. The smallest absolute Gasteiger partial charge is 0.268 e. The van der Waals surface area contributed by atoms with Gasteiger partial charge in [-0.3, -0.25) is 14.8 Å². The van der Waals surface area contributed by atoms with Crippen LogP contribution in [0.3, 0.4) is 0 Å². The molecule has 1 fully saturated rings. The number of aliphatic hydroxyl groups is 1. The Balaban J connectivity index is 1.53. The van der Waals surface area contributed by atoms with Gasteiger partial charge in [-0.15, -0.1) is 0 Å². The van der Waals surface area contributed by atoms with E-state index in [0.29, 0.717) is 11.6 Å². The third kappa shape index (κ3) is 7.06. The molecule has 0 heterocycles. The Morgan fingerprint density at radius 1 is 1.12 bits per heavy atom. The van der Waals surface area contributed by atoms with E-state index in [0.717, 1.165) is 17.7 Å². The molecule has 0 bridgehead atoms. The van der Waals surface area contributed by atoms with Gasteiger partial charge < -0.3 is 15.7 Å². The lowest BCUT2D eigenvalue weighted by Crippen LogP contribution is -2.51. The molecule has 0 spiro atoms. The fourth-order valence-electron chi connectivity index (χ4n) is 2.96. The second kappa shape index (κ2) is 11.3. The molecule has 0 unspecified atom stereocenters. The molecule has 3 rings (SSSR count). The monoisotopic (exact) mass is 433 g/mol. The van der Waals surface area contributed by atoms with E-state index < -0.39 is 24.0 Å². The summed E-state index contributed by atoms with van der Waals surface area (Å²) in [7, 11) is 0. The van der Waals surface area contributed by atoms with Crippen LogP contribution in [0, 0.1) is 11.8 Å². The van der Waals surface area contributed by atoms with Crippen LogP contribution in [-0.2, 0) is 11.3 Å². The third-order valence-corrected chi connectivity index (χ3v) is 5.04. The zero-order valence-electron chi connectivity index (χ0n) is 17.8. The van der Waals surface area contributed by atoms with Gasteiger partial charge in [-0.05, 0) is 67.3 Å². The second-order valence-corrected chi connectivity index (χ2v) is 7.74. The van der Waals surface area contributed by atoms with Crippen LogP contribution < -0.4 is 16.1 Å². The van der Waals surface area contributed by atoms with Gasteiger partial charge in [0.15, 0.2) is 0 Å². The van der Waals surface area contributed by atoms with Crippen molar-refractivity contribution in [2.75, 3.05) is 0 Å². The topological polar surface area (TPSA) is 111 Å². The standard InChI is InChI=1S/C25H27N3O4/c1-17(29)23(25(31)28-32)27-24(30)21-12-10-19(11-13-21)5-3-2-4-18-6-8-20(9-7-18)16-26-22-14-15-22/h3,5-13,17,22-23,26,29,32H,14-16H2,1H3,(H,27,30)(H,28,31)/b5-3+/t17-,23-/m0/s1. The number of rotatable bonds is 8. The molecule has 2 aromatic carbocycles. The molecular weight excluding hydrogens is 406 g/mol. The molecule has 0 saturated heterocycles. The first-order chi connectivity index (χ1) is 15.5. The number of carbonyl (C=O) groups excluding carboxylic acids is 2. The van der Waals surface area contributed by atoms with Crippen molar-refractivity contribution in [3.05, 3.63) is 76.9 Å². The number of nitrogens with one attached hydrogen (secondary N) is 3. The van der Waals surface area contributed by atoms with Crippen LogP contribution in [0.2, 0.25) is 0 Å². The number of aliphatic hydroxyl groups excluding tert-OH is 1. The molecule has 7 nitrogen and oxygen atoms in total. The largest absolute Gasteiger partial charge is 0.391 e. The van der Waals surface area contributed by atoms with Crippen molar-refractivity contribution in [2.45, 2.75) is 44.5 Å². The van der Waals surface area contributed by atoms with E-state index in [1.807, 2.05) is 18.2 Å². The molecule has 0 aliphatic heterocycles. The van der Waals surface area contributed by atoms with Gasteiger partial charge in [0, 0.05) is 23.7 Å². The van der Waals surface area contributed by atoms with Gasteiger partial charge >= 0.3 is 0 Å². The summed E-state index contributed by atoms with van der Waals surface area (Å²) in [5.74, 6) is 4.67. The van der Waals surface area contributed by atoms with Gasteiger partial charge in [0.1, 0.15) is 6.04 Å². The van der Waals surface area contributed by atoms with Gasteiger partial charge in [0.2, 0.25) is 0 Å². The predicted molar refractivity (Wildman–Crippen MR) is 122 cm³/mol. The zero-order chi connectivity index (χ0) is 22.9. The molecule has 1 aliphatic carbocycles. The summed E-state index contributed by atoms with van der Waals surface area (Å²) in [5, 5.41) is 24.2. The van der Waals surface area contributed by atoms with E-state index in [1.165, 1.54) is 30.8 Å². The molecule has 1 saturated carbocycles. The highest BCUT2D eigenvalue weighted by Crippen LogP contribution is 2.19. The second-order valence-electron chi connectivity index (χ2n) is 7.74. The van der Waals surface area contributed by atoms with Crippen molar-refractivity contribution in [2.24, 2.45) is 0 Å². The lowest BCUT2D eigenvalue weighted by molar-refractivity contribution is -0.133. The molecule has 166 valence electrons. The maximum atomic E-state index is 12.3. The Morgan fingerprint density at radius 3 is 2.41 bits per heavy atom. The quantitative estimate of drug-likeness (QED) is 0.248. The summed E-state index contributed by atoms with van der Waals surface area (Å²) in [6, 6.07) is 14.3. The lowest BCUT2D eigenvalue weighted by atomic mass is 10.1. The van der Waals surface area contributed by atoms with E-state index in [2.05, 4.69) is 34.6 Å². The molecular formula is C25H27N3O4. The molecule has 0 radical (unpaired) electrons. The Morgan fingerprint density at radius 2 is 1.81 bits per heavy atom. The molecule has 32 heavy (non-hydrogen) atoms. The number of allylic oxidation sites excluding steroid dienone is 1. The third-order valence-electron chi connectivity index (χ3n) is 5.04. The fourth-order valence-corrected chi connectivity index (χ4v) is 2.96. The molecule has 5 N–H and O–H groups in total. The number of hydrogen-bond acceptors (Lipinski definition) is 5. The van der Waals surface area contributed by atoms with E-state index in [4.69, 9.17) is 5.21 Å². The van der Waals surface area contributed by atoms with Crippen LogP contribution in [0.25, 0.3) is 6.08 Å². The van der Waals surface area contributed by atoms with E-state index in [1.54, 1.807) is 30.3 Å². The van der Waals surface area contributed by atoms with Crippen molar-refractivity contribution in [1.82, 2.24) is 16.1 Å². The van der Waals surface area contributed by atoms with Crippen molar-refractivity contribution in [1.29, 1.82) is 0 Å². The van der Waals surface area contributed by atoms with Gasteiger partial charge in [0.25, 0.3) is 11.8 Å². The first-order valence-corrected chi connectivity index (χ1v) is 10.5. The van der Waals surface area contributed by atoms with Gasteiger partial charge in [-0.25, -0.2) is 5.48 Å². The Kier molecular flexibility index (Phi) is 8.17. The summed E-state index contributed by atoms with van der Waals surface area (Å²) >= 11 is 0. The molecule has 7 heteroatoms. The minimum atomic E-state index is -1.26. The summed E-state index contributed by atoms with van der Waals surface area (Å²) in [4.78, 5) is 23.8. The molecule has 1 aliphatic rings. The molecule has 2 atom stereocenters. The van der Waals surface area contributed by atoms with E-state index in [-0.39, 0.29) is 0 Å². The molecule has 2 aromatic rings. The minimum Gasteiger partial charge on any atom is -0.391 e. The van der Waals surface area contributed by atoms with Crippen LogP contribution in [0.15, 0.2) is 54.6 Å². The fraction of sp³-hybridized carbons (Fsp3) is 0.280. The van der Waals surface area contributed by atoms with Gasteiger partial charge in [-0.2, -0.15) is 0 Å². The number of hydroxylamine groups is 1. The molecule has 0 aromatic heterocycles. The number of hydrogen-bond donors (Lipinski definition) is 5. The highest BCUT2D eigenvalue weighted by atomic mass is 16.5. The average Bonchev–Trinajstić information content (AvgIpc) is 3.64. The van der Waals surface area contributed by atoms with Crippen LogP contribution in [0.5, 0.6) is 0 Å². The lowest BCUT2D eigenvalue weighted by Gasteiger charge is -2.19. The summed E-state index contributed by atoms with van der Waals surface area (Å²) < 4.78 is 0. The Hall–Kier alpha value is -3.44. The maximum Gasteiger partial charge on any atom is 0.268 e. The predicted octanol–water partition coefficient (Wildman–Crippen LogP) is 1.99. The summed E-state index contributed by atoms with van der Waals surface area (Å²) in [6.07, 6.45) is 4.96. The first-order valence-electron chi connectivity index (χ1n) is 10.5. The summed E-state index contributed by atoms with van der Waals surface area (Å²) in [5.41, 5.74) is 4.80. The molecule has 2 amide bonds. The SMILES string of the molecule is C[C@H](O)[C@H](NC(=O)c1ccc(/C=C/C#Cc2ccc(CNC3CC3)cc2)cc1)C(=O)NO. The normalized spacial score (nSPS) is 14.8. The van der Waals surface area contributed by atoms with Crippen molar-refractivity contribution < 1.29 is 19.9 Å². The number of amides is 2. The van der Waals surface area contributed by atoms with E-state index >= 15 is 0 Å². The Bertz CT molecular complexity index is 1010. The highest BCUT2D eigenvalue weighted by molar-refractivity contribution is 5.97. The van der Waals surface area contributed by atoms with Gasteiger partial charge in [-0.1, -0.05) is 36.1 Å². The van der Waals surface area contributed by atoms with Crippen molar-refractivity contribution in [3.8, 4) is 11.8 Å². The highest BCUT2D eigenvalue weighted by Gasteiger charge is 2.25. The first kappa shape index (κ1) is 23.2. The van der Waals surface area contributed by atoms with Crippen LogP contribution in [0.4, 0.5) is 0 Å². The minimum absolute atomic E-state index is 0.320. The van der Waals surface area contributed by atoms with Crippen molar-refractivity contribution >= 4 is 17.9 Å². The summed E-state index contributed by atoms with van der Waals surface area (Å²) in [6.45, 7) is 2.23. The van der Waals surface area contributed by atoms with Crippen molar-refractivity contribution in [3.63, 3.8) is 0 Å².